The number of hydrogen-bond acceptors (Lipinski definition) is 5. The molecule has 0 spiro atoms. The van der Waals surface area contributed by atoms with Gasteiger partial charge < -0.3 is 20.5 Å². The van der Waals surface area contributed by atoms with Gasteiger partial charge in [0.25, 0.3) is 5.91 Å². The lowest BCUT2D eigenvalue weighted by atomic mass is 10.1. The minimum absolute atomic E-state index is 0.0283. The molecule has 1 rings (SSSR count). The number of nitrogens with two attached hydrogens (primary N) is 1. The fraction of sp³-hybridized carbons (Fsp3) is 0.467. The van der Waals surface area contributed by atoms with Crippen LogP contribution in [-0.2, 0) is 9.53 Å². The van der Waals surface area contributed by atoms with Crippen LogP contribution in [0.1, 0.15) is 37.6 Å². The smallest absolute Gasteiger partial charge is 0.341 e. The predicted molar refractivity (Wildman–Crippen MR) is 80.2 cm³/mol. The average molecular weight is 294 g/mol. The number of nitrogen functional groups attached to an aromatic ring is 1. The van der Waals surface area contributed by atoms with Crippen molar-refractivity contribution in [3.63, 3.8) is 0 Å². The summed E-state index contributed by atoms with van der Waals surface area (Å²) < 4.78 is 10.2. The van der Waals surface area contributed by atoms with Crippen molar-refractivity contribution in [2.45, 2.75) is 39.3 Å². The Morgan fingerprint density at radius 1 is 1.33 bits per heavy atom. The second-order valence-electron chi connectivity index (χ2n) is 4.79. The maximum Gasteiger partial charge on any atom is 0.341 e. The number of para-hydroxylation sites is 1. The van der Waals surface area contributed by atoms with Crippen molar-refractivity contribution in [2.24, 2.45) is 0 Å². The van der Waals surface area contributed by atoms with E-state index in [-0.39, 0.29) is 23.2 Å². The van der Waals surface area contributed by atoms with E-state index in [1.54, 1.807) is 12.1 Å². The molecule has 0 saturated heterocycles. The van der Waals surface area contributed by atoms with E-state index in [0.29, 0.717) is 5.75 Å². The fourth-order valence-electron chi connectivity index (χ4n) is 1.64. The van der Waals surface area contributed by atoms with Crippen LogP contribution in [0.3, 0.4) is 0 Å². The van der Waals surface area contributed by atoms with Gasteiger partial charge in [-0.2, -0.15) is 0 Å². The Hall–Kier alpha value is -2.24. The van der Waals surface area contributed by atoms with Crippen molar-refractivity contribution < 1.29 is 19.1 Å². The van der Waals surface area contributed by atoms with Crippen molar-refractivity contribution in [3.8, 4) is 5.75 Å². The number of carbonyl (C=O) groups excluding carboxylic acids is 2. The highest BCUT2D eigenvalue weighted by atomic mass is 16.5. The molecule has 6 nitrogen and oxygen atoms in total. The predicted octanol–water partition coefficient (Wildman–Crippen LogP) is 1.74. The van der Waals surface area contributed by atoms with E-state index in [1.165, 1.54) is 20.1 Å². The minimum atomic E-state index is -0.892. The molecule has 21 heavy (non-hydrogen) atoms. The van der Waals surface area contributed by atoms with Gasteiger partial charge in [-0.1, -0.05) is 13.0 Å². The van der Waals surface area contributed by atoms with Crippen LogP contribution in [0, 0.1) is 0 Å². The van der Waals surface area contributed by atoms with Crippen molar-refractivity contribution in [1.82, 2.24) is 5.32 Å². The first-order chi connectivity index (χ1) is 9.90. The third kappa shape index (κ3) is 4.37. The van der Waals surface area contributed by atoms with E-state index in [9.17, 15) is 9.59 Å². The Labute approximate surface area is 124 Å². The molecule has 1 aromatic rings. The third-order valence-corrected chi connectivity index (χ3v) is 3.16. The van der Waals surface area contributed by atoms with Gasteiger partial charge in [0.2, 0.25) is 0 Å². The zero-order chi connectivity index (χ0) is 16.0. The fourth-order valence-corrected chi connectivity index (χ4v) is 1.64. The highest BCUT2D eigenvalue weighted by Gasteiger charge is 2.22. The van der Waals surface area contributed by atoms with Crippen LogP contribution in [0.15, 0.2) is 18.2 Å². The van der Waals surface area contributed by atoms with E-state index in [0.717, 1.165) is 6.42 Å². The van der Waals surface area contributed by atoms with Crippen molar-refractivity contribution in [2.75, 3.05) is 12.8 Å². The average Bonchev–Trinajstić information content (AvgIpc) is 2.46. The molecular weight excluding hydrogens is 272 g/mol. The number of esters is 1. The Morgan fingerprint density at radius 2 is 2.00 bits per heavy atom. The Morgan fingerprint density at radius 3 is 2.57 bits per heavy atom. The number of nitrogens with one attached hydrogen (secondary N) is 1. The summed E-state index contributed by atoms with van der Waals surface area (Å²) in [6.45, 7) is 5.36. The summed E-state index contributed by atoms with van der Waals surface area (Å²) in [5.74, 6) is -0.599. The summed E-state index contributed by atoms with van der Waals surface area (Å²) in [6, 6.07) is 4.83. The number of methoxy groups -OCH3 is 1. The topological polar surface area (TPSA) is 90.6 Å². The van der Waals surface area contributed by atoms with Gasteiger partial charge in [-0.15, -0.1) is 0 Å². The third-order valence-electron chi connectivity index (χ3n) is 3.16. The Kier molecular flexibility index (Phi) is 6.02. The van der Waals surface area contributed by atoms with Crippen LogP contribution in [-0.4, -0.2) is 31.1 Å². The molecule has 1 amide bonds. The van der Waals surface area contributed by atoms with Gasteiger partial charge in [0, 0.05) is 6.04 Å². The first-order valence-electron chi connectivity index (χ1n) is 6.84. The van der Waals surface area contributed by atoms with E-state index in [1.807, 2.05) is 13.8 Å². The zero-order valence-electron chi connectivity index (χ0n) is 12.8. The molecule has 0 aliphatic carbocycles. The molecule has 0 aromatic heterocycles. The summed E-state index contributed by atoms with van der Waals surface area (Å²) in [5, 5.41) is 2.75. The number of anilines is 1. The van der Waals surface area contributed by atoms with Crippen molar-refractivity contribution in [1.29, 1.82) is 0 Å². The molecule has 3 N–H and O–H groups in total. The molecule has 1 aromatic carbocycles. The summed E-state index contributed by atoms with van der Waals surface area (Å²) >= 11 is 0. The first kappa shape index (κ1) is 16.8. The highest BCUT2D eigenvalue weighted by molar-refractivity contribution is 5.98. The largest absolute Gasteiger partial charge is 0.495 e. The maximum atomic E-state index is 12.1. The van der Waals surface area contributed by atoms with Crippen LogP contribution in [0.4, 0.5) is 5.69 Å². The lowest BCUT2D eigenvalue weighted by Crippen LogP contribution is -2.40. The van der Waals surface area contributed by atoms with Gasteiger partial charge >= 0.3 is 5.97 Å². The van der Waals surface area contributed by atoms with Gasteiger partial charge in [0.05, 0.1) is 18.4 Å². The van der Waals surface area contributed by atoms with E-state index < -0.39 is 12.1 Å². The first-order valence-corrected chi connectivity index (χ1v) is 6.84. The molecule has 0 heterocycles. The summed E-state index contributed by atoms with van der Waals surface area (Å²) in [7, 11) is 1.46. The summed E-state index contributed by atoms with van der Waals surface area (Å²) in [4.78, 5) is 23.9. The maximum absolute atomic E-state index is 12.1. The molecule has 0 bridgehead atoms. The van der Waals surface area contributed by atoms with Gasteiger partial charge in [-0.3, -0.25) is 4.79 Å². The quantitative estimate of drug-likeness (QED) is 0.616. The minimum Gasteiger partial charge on any atom is -0.495 e. The molecule has 0 radical (unpaired) electrons. The van der Waals surface area contributed by atoms with Crippen LogP contribution in [0.2, 0.25) is 0 Å². The van der Waals surface area contributed by atoms with Crippen LogP contribution in [0.25, 0.3) is 0 Å². The molecule has 2 unspecified atom stereocenters. The van der Waals surface area contributed by atoms with Gasteiger partial charge in [-0.25, -0.2) is 4.79 Å². The molecule has 0 saturated carbocycles. The number of hydrogen-bond donors (Lipinski definition) is 2. The Bertz CT molecular complexity index is 516. The number of benzene rings is 1. The second kappa shape index (κ2) is 7.52. The molecule has 0 fully saturated rings. The van der Waals surface area contributed by atoms with E-state index >= 15 is 0 Å². The van der Waals surface area contributed by atoms with Crippen molar-refractivity contribution in [3.05, 3.63) is 23.8 Å². The molecule has 116 valence electrons. The molecular formula is C15H22N2O4. The van der Waals surface area contributed by atoms with Gasteiger partial charge in [0.15, 0.2) is 6.10 Å². The van der Waals surface area contributed by atoms with Crippen LogP contribution in [0.5, 0.6) is 5.75 Å². The number of rotatable bonds is 6. The van der Waals surface area contributed by atoms with Gasteiger partial charge in [-0.05, 0) is 32.4 Å². The lowest BCUT2D eigenvalue weighted by molar-refractivity contribution is -0.129. The summed E-state index contributed by atoms with van der Waals surface area (Å²) in [6.07, 6.45) is -0.0907. The SMILES string of the molecule is CCC(C)NC(=O)C(C)OC(=O)c1cccc(OC)c1N. The molecule has 0 aliphatic rings. The van der Waals surface area contributed by atoms with Gasteiger partial charge in [0.1, 0.15) is 5.75 Å². The van der Waals surface area contributed by atoms with E-state index in [4.69, 9.17) is 15.2 Å². The standard InChI is InChI=1S/C15H22N2O4/c1-5-9(2)17-14(18)10(3)21-15(19)11-7-6-8-12(20-4)13(11)16/h6-10H,5,16H2,1-4H3,(H,17,18). The number of ether oxygens (including phenoxy) is 2. The normalized spacial score (nSPS) is 13.1. The Balaban J connectivity index is 2.75. The number of amides is 1. The monoisotopic (exact) mass is 294 g/mol. The van der Waals surface area contributed by atoms with Crippen molar-refractivity contribution >= 4 is 17.6 Å². The molecule has 0 aliphatic heterocycles. The summed E-state index contributed by atoms with van der Waals surface area (Å²) in [5.41, 5.74) is 6.19. The number of carbonyl (C=O) groups is 2. The second-order valence-corrected chi connectivity index (χ2v) is 4.79. The highest BCUT2D eigenvalue weighted by Crippen LogP contribution is 2.25. The zero-order valence-corrected chi connectivity index (χ0v) is 12.8. The van der Waals surface area contributed by atoms with Crippen LogP contribution < -0.4 is 15.8 Å². The lowest BCUT2D eigenvalue weighted by Gasteiger charge is -2.17. The molecule has 6 heteroatoms. The molecule has 2 atom stereocenters. The van der Waals surface area contributed by atoms with E-state index in [2.05, 4.69) is 5.32 Å². The van der Waals surface area contributed by atoms with Crippen LogP contribution >= 0.6 is 0 Å².